The Morgan fingerprint density at radius 3 is 2.65 bits per heavy atom. The highest BCUT2D eigenvalue weighted by Crippen LogP contribution is 2.25. The van der Waals surface area contributed by atoms with Gasteiger partial charge in [0.15, 0.2) is 6.10 Å². The lowest BCUT2D eigenvalue weighted by Crippen LogP contribution is -2.47. The van der Waals surface area contributed by atoms with Crippen molar-refractivity contribution in [2.24, 2.45) is 0 Å². The standard InChI is InChI=1S/C22H26N4O4S/c1-11-7-6-8-16(12(11)2)30-14(4)20(28)26-25-18(27)10-9-17-23-21(29)19-13(3)15(5)31-22(19)24-17/h6-8,14H,9-10H2,1-5H3,(H,25,27)(H,26,28)(H,23,24,29). The highest BCUT2D eigenvalue weighted by molar-refractivity contribution is 7.18. The molecular formula is C22H26N4O4S. The number of nitrogens with zero attached hydrogens (tertiary/aromatic N) is 1. The topological polar surface area (TPSA) is 113 Å². The predicted molar refractivity (Wildman–Crippen MR) is 120 cm³/mol. The summed E-state index contributed by atoms with van der Waals surface area (Å²) in [7, 11) is 0. The molecule has 31 heavy (non-hydrogen) atoms. The summed E-state index contributed by atoms with van der Waals surface area (Å²) in [6.07, 6.45) is -0.478. The molecule has 8 nitrogen and oxygen atoms in total. The molecule has 0 saturated carbocycles. The summed E-state index contributed by atoms with van der Waals surface area (Å²) in [5.74, 6) is 0.200. The molecule has 1 atom stereocenters. The van der Waals surface area contributed by atoms with E-state index in [-0.39, 0.29) is 18.4 Å². The maximum Gasteiger partial charge on any atom is 0.279 e. The Kier molecular flexibility index (Phi) is 6.74. The Bertz CT molecular complexity index is 1200. The second-order valence-corrected chi connectivity index (χ2v) is 8.67. The van der Waals surface area contributed by atoms with Crippen molar-refractivity contribution >= 4 is 33.4 Å². The van der Waals surface area contributed by atoms with Gasteiger partial charge in [-0.3, -0.25) is 25.2 Å². The van der Waals surface area contributed by atoms with Gasteiger partial charge in [0.25, 0.3) is 11.5 Å². The third kappa shape index (κ3) is 5.11. The van der Waals surface area contributed by atoms with E-state index in [9.17, 15) is 14.4 Å². The summed E-state index contributed by atoms with van der Waals surface area (Å²) >= 11 is 1.46. The molecule has 1 aromatic carbocycles. The van der Waals surface area contributed by atoms with E-state index in [2.05, 4.69) is 20.8 Å². The van der Waals surface area contributed by atoms with E-state index in [1.165, 1.54) is 11.3 Å². The molecular weight excluding hydrogens is 416 g/mol. The van der Waals surface area contributed by atoms with Crippen molar-refractivity contribution in [1.82, 2.24) is 20.8 Å². The number of nitrogens with one attached hydrogen (secondary N) is 3. The van der Waals surface area contributed by atoms with Crippen molar-refractivity contribution in [2.45, 2.75) is 53.6 Å². The van der Waals surface area contributed by atoms with Gasteiger partial charge >= 0.3 is 0 Å². The lowest BCUT2D eigenvalue weighted by atomic mass is 10.1. The number of hydrazine groups is 1. The van der Waals surface area contributed by atoms with Gasteiger partial charge < -0.3 is 9.72 Å². The van der Waals surface area contributed by atoms with Crippen molar-refractivity contribution in [3.05, 3.63) is 55.9 Å². The molecule has 0 saturated heterocycles. The number of aromatic amines is 1. The molecule has 2 aromatic heterocycles. The lowest BCUT2D eigenvalue weighted by molar-refractivity contribution is -0.132. The molecule has 0 bridgehead atoms. The average molecular weight is 443 g/mol. The third-order valence-corrected chi connectivity index (χ3v) is 6.33. The summed E-state index contributed by atoms with van der Waals surface area (Å²) < 4.78 is 5.70. The first-order valence-electron chi connectivity index (χ1n) is 9.97. The van der Waals surface area contributed by atoms with Gasteiger partial charge in [0.2, 0.25) is 5.91 Å². The van der Waals surface area contributed by atoms with Crippen LogP contribution in [-0.2, 0) is 16.0 Å². The molecule has 2 heterocycles. The fraction of sp³-hybridized carbons (Fsp3) is 0.364. The first-order chi connectivity index (χ1) is 14.7. The summed E-state index contributed by atoms with van der Waals surface area (Å²) in [5, 5.41) is 0.598. The smallest absolute Gasteiger partial charge is 0.279 e. The van der Waals surface area contributed by atoms with Crippen LogP contribution in [0.2, 0.25) is 0 Å². The van der Waals surface area contributed by atoms with Gasteiger partial charge in [-0.05, 0) is 57.4 Å². The van der Waals surface area contributed by atoms with E-state index in [1.807, 2.05) is 39.8 Å². The number of thiophene rings is 1. The van der Waals surface area contributed by atoms with Gasteiger partial charge in [-0.2, -0.15) is 0 Å². The number of benzene rings is 1. The number of rotatable bonds is 6. The fourth-order valence-electron chi connectivity index (χ4n) is 3.04. The number of ether oxygens (including phenoxy) is 1. The Balaban J connectivity index is 1.52. The van der Waals surface area contributed by atoms with Crippen LogP contribution in [0, 0.1) is 27.7 Å². The fourth-order valence-corrected chi connectivity index (χ4v) is 4.09. The van der Waals surface area contributed by atoms with Gasteiger partial charge in [-0.1, -0.05) is 12.1 Å². The molecule has 0 radical (unpaired) electrons. The molecule has 0 spiro atoms. The van der Waals surface area contributed by atoms with E-state index in [0.717, 1.165) is 21.6 Å². The summed E-state index contributed by atoms with van der Waals surface area (Å²) in [4.78, 5) is 45.6. The zero-order valence-corrected chi connectivity index (χ0v) is 19.0. The minimum absolute atomic E-state index is 0.0598. The Morgan fingerprint density at radius 1 is 1.16 bits per heavy atom. The third-order valence-electron chi connectivity index (χ3n) is 5.23. The number of H-pyrrole nitrogens is 1. The number of hydrogen-bond donors (Lipinski definition) is 3. The normalized spacial score (nSPS) is 11.9. The SMILES string of the molecule is Cc1cccc(OC(C)C(=O)NNC(=O)CCc2nc3sc(C)c(C)c3c(=O)[nH]2)c1C. The monoisotopic (exact) mass is 442 g/mol. The Morgan fingerprint density at radius 2 is 1.90 bits per heavy atom. The summed E-state index contributed by atoms with van der Waals surface area (Å²) in [6, 6.07) is 5.62. The van der Waals surface area contributed by atoms with Gasteiger partial charge in [0, 0.05) is 17.7 Å². The summed E-state index contributed by atoms with van der Waals surface area (Å²) in [6.45, 7) is 9.34. The van der Waals surface area contributed by atoms with Crippen LogP contribution in [0.25, 0.3) is 10.2 Å². The number of fused-ring (bicyclic) bond motifs is 1. The molecule has 0 aliphatic heterocycles. The van der Waals surface area contributed by atoms with Crippen LogP contribution in [0.3, 0.4) is 0 Å². The van der Waals surface area contributed by atoms with Crippen LogP contribution in [-0.4, -0.2) is 27.9 Å². The first-order valence-corrected chi connectivity index (χ1v) is 10.8. The van der Waals surface area contributed by atoms with Crippen LogP contribution in [0.1, 0.15) is 40.7 Å². The van der Waals surface area contributed by atoms with Crippen LogP contribution >= 0.6 is 11.3 Å². The van der Waals surface area contributed by atoms with E-state index < -0.39 is 17.9 Å². The van der Waals surface area contributed by atoms with E-state index >= 15 is 0 Å². The zero-order chi connectivity index (χ0) is 22.7. The number of aryl methyl sites for hydroxylation is 4. The van der Waals surface area contributed by atoms with Crippen LogP contribution in [0.4, 0.5) is 0 Å². The molecule has 164 valence electrons. The van der Waals surface area contributed by atoms with Crippen LogP contribution < -0.4 is 21.1 Å². The van der Waals surface area contributed by atoms with Gasteiger partial charge in [0.05, 0.1) is 5.39 Å². The Labute approximate surface area is 184 Å². The van der Waals surface area contributed by atoms with Crippen LogP contribution in [0.5, 0.6) is 5.75 Å². The van der Waals surface area contributed by atoms with Crippen molar-refractivity contribution in [3.63, 3.8) is 0 Å². The lowest BCUT2D eigenvalue weighted by Gasteiger charge is -2.17. The Hall–Kier alpha value is -3.20. The second kappa shape index (κ2) is 9.30. The van der Waals surface area contributed by atoms with Crippen molar-refractivity contribution in [3.8, 4) is 5.75 Å². The molecule has 3 N–H and O–H groups in total. The average Bonchev–Trinajstić information content (AvgIpc) is 3.01. The van der Waals surface area contributed by atoms with Gasteiger partial charge in [-0.15, -0.1) is 11.3 Å². The van der Waals surface area contributed by atoms with Crippen molar-refractivity contribution < 1.29 is 14.3 Å². The van der Waals surface area contributed by atoms with Gasteiger partial charge in [0.1, 0.15) is 16.4 Å². The number of carbonyl (C=O) groups is 2. The maximum atomic E-state index is 12.3. The molecule has 3 aromatic rings. The molecule has 3 rings (SSSR count). The molecule has 2 amide bonds. The predicted octanol–water partition coefficient (Wildman–Crippen LogP) is 2.77. The van der Waals surface area contributed by atoms with Gasteiger partial charge in [-0.25, -0.2) is 4.98 Å². The zero-order valence-electron chi connectivity index (χ0n) is 18.2. The minimum atomic E-state index is -0.786. The molecule has 0 aliphatic carbocycles. The second-order valence-electron chi connectivity index (χ2n) is 7.47. The number of aromatic nitrogens is 2. The summed E-state index contributed by atoms with van der Waals surface area (Å²) in [5.41, 5.74) is 7.50. The molecule has 9 heteroatoms. The molecule has 0 aliphatic rings. The first kappa shape index (κ1) is 22.5. The van der Waals surface area contributed by atoms with Crippen LogP contribution in [0.15, 0.2) is 23.0 Å². The van der Waals surface area contributed by atoms with E-state index in [0.29, 0.717) is 21.8 Å². The highest BCUT2D eigenvalue weighted by Gasteiger charge is 2.17. The number of amides is 2. The molecule has 1 unspecified atom stereocenters. The number of carbonyl (C=O) groups excluding carboxylic acids is 2. The number of hydrogen-bond acceptors (Lipinski definition) is 6. The van der Waals surface area contributed by atoms with E-state index in [4.69, 9.17) is 4.74 Å². The maximum absolute atomic E-state index is 12.3. The van der Waals surface area contributed by atoms with E-state index in [1.54, 1.807) is 13.0 Å². The largest absolute Gasteiger partial charge is 0.481 e. The highest BCUT2D eigenvalue weighted by atomic mass is 32.1. The van der Waals surface area contributed by atoms with Crippen molar-refractivity contribution in [1.29, 1.82) is 0 Å². The minimum Gasteiger partial charge on any atom is -0.481 e. The molecule has 0 fully saturated rings. The quantitative estimate of drug-likeness (QED) is 0.508. The van der Waals surface area contributed by atoms with Crippen molar-refractivity contribution in [2.75, 3.05) is 0 Å².